The van der Waals surface area contributed by atoms with Crippen LogP contribution in [0, 0.1) is 5.92 Å². The van der Waals surface area contributed by atoms with Crippen molar-refractivity contribution in [2.45, 2.75) is 13.0 Å². The van der Waals surface area contributed by atoms with Crippen molar-refractivity contribution in [3.8, 4) is 11.5 Å². The van der Waals surface area contributed by atoms with E-state index in [1.807, 2.05) is 19.1 Å². The highest BCUT2D eigenvalue weighted by Gasteiger charge is 2.26. The lowest BCUT2D eigenvalue weighted by Gasteiger charge is -2.29. The molecule has 1 aliphatic heterocycles. The Balaban J connectivity index is 2.48. The molecule has 2 atom stereocenters. The number of ether oxygens (including phenoxy) is 2. The number of hydrogen-bond acceptors (Lipinski definition) is 4. The van der Waals surface area contributed by atoms with Gasteiger partial charge in [0.2, 0.25) is 0 Å². The van der Waals surface area contributed by atoms with Crippen LogP contribution in [0.1, 0.15) is 18.6 Å². The topological polar surface area (TPSA) is 50.7 Å². The van der Waals surface area contributed by atoms with E-state index in [1.165, 1.54) is 0 Å². The lowest BCUT2D eigenvalue weighted by molar-refractivity contribution is 0.119. The molecule has 1 aromatic rings. The van der Waals surface area contributed by atoms with Crippen molar-refractivity contribution in [1.82, 2.24) is 0 Å². The van der Waals surface area contributed by atoms with Gasteiger partial charge in [0.25, 0.3) is 0 Å². The molecule has 0 amide bonds. The minimum Gasteiger partial charge on any atom is -0.493 e. The van der Waals surface area contributed by atoms with Crippen LogP contribution in [0.25, 0.3) is 0 Å². The predicted molar refractivity (Wildman–Crippen MR) is 62.2 cm³/mol. The summed E-state index contributed by atoms with van der Waals surface area (Å²) in [7, 11) is 3.20. The van der Waals surface area contributed by atoms with Gasteiger partial charge >= 0.3 is 0 Å². The number of rotatable bonds is 2. The van der Waals surface area contributed by atoms with Gasteiger partial charge in [-0.05, 0) is 6.07 Å². The van der Waals surface area contributed by atoms with Gasteiger partial charge in [0.15, 0.2) is 11.5 Å². The van der Waals surface area contributed by atoms with Crippen LogP contribution in [0.15, 0.2) is 12.1 Å². The SMILES string of the molecule is COc1cc2c(cc1OC)C(O)C(C)CN2. The number of nitrogens with one attached hydrogen (secondary N) is 1. The van der Waals surface area contributed by atoms with Gasteiger partial charge in [-0.1, -0.05) is 6.92 Å². The highest BCUT2D eigenvalue weighted by atomic mass is 16.5. The summed E-state index contributed by atoms with van der Waals surface area (Å²) < 4.78 is 10.4. The molecule has 16 heavy (non-hydrogen) atoms. The molecule has 2 rings (SSSR count). The molecule has 2 N–H and O–H groups in total. The smallest absolute Gasteiger partial charge is 0.162 e. The third-order valence-electron chi connectivity index (χ3n) is 3.03. The zero-order chi connectivity index (χ0) is 11.7. The second-order valence-electron chi connectivity index (χ2n) is 4.10. The molecule has 0 saturated carbocycles. The summed E-state index contributed by atoms with van der Waals surface area (Å²) in [6.45, 7) is 2.78. The van der Waals surface area contributed by atoms with Crippen LogP contribution in [0.2, 0.25) is 0 Å². The molecule has 88 valence electrons. The first-order valence-corrected chi connectivity index (χ1v) is 5.35. The number of aliphatic hydroxyl groups excluding tert-OH is 1. The molecule has 1 aromatic carbocycles. The molecule has 4 heteroatoms. The molecule has 0 bridgehead atoms. The van der Waals surface area contributed by atoms with Crippen LogP contribution in [0.5, 0.6) is 11.5 Å². The molecule has 0 aromatic heterocycles. The van der Waals surface area contributed by atoms with E-state index in [0.717, 1.165) is 17.8 Å². The fourth-order valence-corrected chi connectivity index (χ4v) is 1.98. The van der Waals surface area contributed by atoms with Gasteiger partial charge in [0, 0.05) is 29.8 Å². The van der Waals surface area contributed by atoms with Crippen LogP contribution in [0.4, 0.5) is 5.69 Å². The minimum atomic E-state index is -0.448. The van der Waals surface area contributed by atoms with Crippen molar-refractivity contribution >= 4 is 5.69 Å². The van der Waals surface area contributed by atoms with Gasteiger partial charge in [-0.2, -0.15) is 0 Å². The monoisotopic (exact) mass is 223 g/mol. The van der Waals surface area contributed by atoms with Crippen LogP contribution < -0.4 is 14.8 Å². The third-order valence-corrected chi connectivity index (χ3v) is 3.03. The van der Waals surface area contributed by atoms with E-state index in [4.69, 9.17) is 9.47 Å². The Morgan fingerprint density at radius 2 is 1.88 bits per heavy atom. The predicted octanol–water partition coefficient (Wildman–Crippen LogP) is 1.80. The highest BCUT2D eigenvalue weighted by molar-refractivity contribution is 5.62. The maximum atomic E-state index is 10.1. The summed E-state index contributed by atoms with van der Waals surface area (Å²) in [6.07, 6.45) is -0.448. The first kappa shape index (κ1) is 11.1. The maximum absolute atomic E-state index is 10.1. The Bertz CT molecular complexity index is 392. The maximum Gasteiger partial charge on any atom is 0.162 e. The van der Waals surface area contributed by atoms with Gasteiger partial charge in [-0.3, -0.25) is 0 Å². The zero-order valence-corrected chi connectivity index (χ0v) is 9.78. The lowest BCUT2D eigenvalue weighted by Crippen LogP contribution is -2.25. The number of methoxy groups -OCH3 is 2. The molecular formula is C12H17NO3. The van der Waals surface area contributed by atoms with Crippen molar-refractivity contribution in [2.24, 2.45) is 5.92 Å². The summed E-state index contributed by atoms with van der Waals surface area (Å²) in [4.78, 5) is 0. The number of aliphatic hydroxyl groups is 1. The van der Waals surface area contributed by atoms with Crippen molar-refractivity contribution in [3.05, 3.63) is 17.7 Å². The van der Waals surface area contributed by atoms with Crippen LogP contribution in [-0.2, 0) is 0 Å². The Kier molecular flexibility index (Phi) is 2.92. The average Bonchev–Trinajstić information content (AvgIpc) is 2.32. The lowest BCUT2D eigenvalue weighted by atomic mass is 9.92. The van der Waals surface area contributed by atoms with Crippen LogP contribution in [-0.4, -0.2) is 25.9 Å². The largest absolute Gasteiger partial charge is 0.493 e. The molecule has 0 spiro atoms. The molecular weight excluding hydrogens is 206 g/mol. The molecule has 1 heterocycles. The second kappa shape index (κ2) is 4.22. The fourth-order valence-electron chi connectivity index (χ4n) is 1.98. The van der Waals surface area contributed by atoms with Gasteiger partial charge in [-0.15, -0.1) is 0 Å². The first-order valence-electron chi connectivity index (χ1n) is 5.35. The number of benzene rings is 1. The van der Waals surface area contributed by atoms with E-state index in [9.17, 15) is 5.11 Å². The van der Waals surface area contributed by atoms with E-state index >= 15 is 0 Å². The molecule has 1 aliphatic rings. The number of fused-ring (bicyclic) bond motifs is 1. The van der Waals surface area contributed by atoms with Gasteiger partial charge in [-0.25, -0.2) is 0 Å². The molecule has 2 unspecified atom stereocenters. The molecule has 0 saturated heterocycles. The first-order chi connectivity index (χ1) is 7.67. The van der Waals surface area contributed by atoms with E-state index in [0.29, 0.717) is 11.5 Å². The second-order valence-corrected chi connectivity index (χ2v) is 4.10. The van der Waals surface area contributed by atoms with Crippen molar-refractivity contribution in [2.75, 3.05) is 26.1 Å². The third kappa shape index (κ3) is 1.69. The fraction of sp³-hybridized carbons (Fsp3) is 0.500. The summed E-state index contributed by atoms with van der Waals surface area (Å²) >= 11 is 0. The Labute approximate surface area is 95.2 Å². The van der Waals surface area contributed by atoms with Crippen LogP contribution >= 0.6 is 0 Å². The van der Waals surface area contributed by atoms with E-state index in [1.54, 1.807) is 14.2 Å². The Morgan fingerprint density at radius 1 is 1.25 bits per heavy atom. The number of anilines is 1. The Morgan fingerprint density at radius 3 is 2.50 bits per heavy atom. The van der Waals surface area contributed by atoms with E-state index < -0.39 is 6.10 Å². The van der Waals surface area contributed by atoms with E-state index in [2.05, 4.69) is 5.32 Å². The van der Waals surface area contributed by atoms with Crippen molar-refractivity contribution in [1.29, 1.82) is 0 Å². The summed E-state index contributed by atoms with van der Waals surface area (Å²) in [6, 6.07) is 3.70. The average molecular weight is 223 g/mol. The number of hydrogen-bond donors (Lipinski definition) is 2. The van der Waals surface area contributed by atoms with Gasteiger partial charge in [0.1, 0.15) is 0 Å². The molecule has 0 fully saturated rings. The molecule has 0 aliphatic carbocycles. The Hall–Kier alpha value is -1.42. The van der Waals surface area contributed by atoms with Crippen molar-refractivity contribution in [3.63, 3.8) is 0 Å². The zero-order valence-electron chi connectivity index (χ0n) is 9.78. The minimum absolute atomic E-state index is 0.200. The summed E-state index contributed by atoms with van der Waals surface area (Å²) in [5.74, 6) is 1.53. The quantitative estimate of drug-likeness (QED) is 0.802. The summed E-state index contributed by atoms with van der Waals surface area (Å²) in [5.41, 5.74) is 1.79. The van der Waals surface area contributed by atoms with Gasteiger partial charge in [0.05, 0.1) is 20.3 Å². The van der Waals surface area contributed by atoms with E-state index in [-0.39, 0.29) is 5.92 Å². The highest BCUT2D eigenvalue weighted by Crippen LogP contribution is 2.40. The van der Waals surface area contributed by atoms with Crippen molar-refractivity contribution < 1.29 is 14.6 Å². The molecule has 0 radical (unpaired) electrons. The standard InChI is InChI=1S/C12H17NO3/c1-7-6-13-9-5-11(16-3)10(15-2)4-8(9)12(7)14/h4-5,7,12-14H,6H2,1-3H3. The van der Waals surface area contributed by atoms with Crippen LogP contribution in [0.3, 0.4) is 0 Å². The normalized spacial score (nSPS) is 23.2. The van der Waals surface area contributed by atoms with Gasteiger partial charge < -0.3 is 19.9 Å². The molecule has 4 nitrogen and oxygen atoms in total. The summed E-state index contributed by atoms with van der Waals surface area (Å²) in [5, 5.41) is 13.4.